The summed E-state index contributed by atoms with van der Waals surface area (Å²) in [5.74, 6) is 0.601. The first-order valence-corrected chi connectivity index (χ1v) is 9.96. The first-order chi connectivity index (χ1) is 12.3. The van der Waals surface area contributed by atoms with Crippen LogP contribution >= 0.6 is 0 Å². The van der Waals surface area contributed by atoms with Gasteiger partial charge in [0, 0.05) is 25.8 Å². The van der Waals surface area contributed by atoms with Crippen molar-refractivity contribution in [3.63, 3.8) is 0 Å². The fraction of sp³-hybridized carbons (Fsp3) is 0.368. The summed E-state index contributed by atoms with van der Waals surface area (Å²) in [4.78, 5) is 2.35. The Bertz CT molecular complexity index is 912. The number of aryl methyl sites for hydroxylation is 1. The molecule has 3 rings (SSSR count). The van der Waals surface area contributed by atoms with E-state index < -0.39 is 16.1 Å². The lowest BCUT2D eigenvalue weighted by atomic mass is 10.0. The Morgan fingerprint density at radius 1 is 1.27 bits per heavy atom. The van der Waals surface area contributed by atoms with Crippen LogP contribution in [0.2, 0.25) is 0 Å². The van der Waals surface area contributed by atoms with Gasteiger partial charge in [-0.3, -0.25) is 0 Å². The van der Waals surface area contributed by atoms with Gasteiger partial charge in [-0.2, -0.15) is 0 Å². The number of fused-ring (bicyclic) bond motifs is 1. The van der Waals surface area contributed by atoms with Gasteiger partial charge in [0.25, 0.3) is 0 Å². The Balaban J connectivity index is 1.72. The lowest BCUT2D eigenvalue weighted by Gasteiger charge is -2.16. The maximum absolute atomic E-state index is 12.5. The highest BCUT2D eigenvalue weighted by molar-refractivity contribution is 7.89. The van der Waals surface area contributed by atoms with Crippen molar-refractivity contribution in [1.82, 2.24) is 4.72 Å². The van der Waals surface area contributed by atoms with Gasteiger partial charge in [0.05, 0.1) is 18.1 Å². The largest absolute Gasteiger partial charge is 0.497 e. The maximum atomic E-state index is 12.5. The van der Waals surface area contributed by atoms with Crippen LogP contribution in [-0.2, 0) is 16.4 Å². The number of rotatable bonds is 6. The van der Waals surface area contributed by atoms with Crippen LogP contribution in [0.4, 0.5) is 5.69 Å². The Hall–Kier alpha value is -2.09. The summed E-state index contributed by atoms with van der Waals surface area (Å²) in [6.07, 6.45) is 0.0305. The molecule has 0 amide bonds. The lowest BCUT2D eigenvalue weighted by molar-refractivity contribution is 0.182. The van der Waals surface area contributed by atoms with Gasteiger partial charge >= 0.3 is 0 Å². The number of aliphatic hydroxyl groups is 1. The zero-order valence-electron chi connectivity index (χ0n) is 15.2. The van der Waals surface area contributed by atoms with E-state index >= 15 is 0 Å². The number of benzene rings is 2. The van der Waals surface area contributed by atoms with E-state index in [9.17, 15) is 13.5 Å². The predicted octanol–water partition coefficient (Wildman–Crippen LogP) is 2.01. The van der Waals surface area contributed by atoms with Crippen molar-refractivity contribution in [3.05, 3.63) is 53.1 Å². The van der Waals surface area contributed by atoms with Crippen LogP contribution < -0.4 is 14.4 Å². The van der Waals surface area contributed by atoms with E-state index in [1.165, 1.54) is 18.7 Å². The molecule has 0 bridgehead atoms. The van der Waals surface area contributed by atoms with Gasteiger partial charge in [0.2, 0.25) is 10.0 Å². The van der Waals surface area contributed by atoms with Crippen LogP contribution in [-0.4, -0.2) is 40.8 Å². The molecule has 0 saturated heterocycles. The molecule has 0 fully saturated rings. The molecule has 0 radical (unpaired) electrons. The molecule has 0 spiro atoms. The van der Waals surface area contributed by atoms with E-state index in [2.05, 4.69) is 9.62 Å². The molecule has 1 atom stereocenters. The smallest absolute Gasteiger partial charge is 0.240 e. The minimum absolute atomic E-state index is 0.0809. The Morgan fingerprint density at radius 2 is 2.04 bits per heavy atom. The summed E-state index contributed by atoms with van der Waals surface area (Å²) in [7, 11) is -0.144. The molecule has 0 aliphatic carbocycles. The summed E-state index contributed by atoms with van der Waals surface area (Å²) in [6.45, 7) is 2.59. The van der Waals surface area contributed by atoms with Crippen LogP contribution in [0.25, 0.3) is 0 Å². The van der Waals surface area contributed by atoms with Crippen LogP contribution in [0.1, 0.15) is 22.8 Å². The molecular weight excluding hydrogens is 352 g/mol. The molecule has 1 aliphatic heterocycles. The number of nitrogens with zero attached hydrogens (tertiary/aromatic N) is 1. The van der Waals surface area contributed by atoms with E-state index in [1.807, 2.05) is 25.2 Å². The number of hydrogen-bond acceptors (Lipinski definition) is 5. The van der Waals surface area contributed by atoms with E-state index in [1.54, 1.807) is 19.1 Å². The van der Waals surface area contributed by atoms with Crippen molar-refractivity contribution < 1.29 is 18.3 Å². The van der Waals surface area contributed by atoms with Crippen molar-refractivity contribution in [2.45, 2.75) is 24.3 Å². The van der Waals surface area contributed by atoms with Gasteiger partial charge in [0.15, 0.2) is 0 Å². The number of nitrogens with one attached hydrogen (secondary N) is 1. The molecule has 1 unspecified atom stereocenters. The van der Waals surface area contributed by atoms with Crippen LogP contribution in [0.3, 0.4) is 0 Å². The zero-order valence-corrected chi connectivity index (χ0v) is 16.0. The van der Waals surface area contributed by atoms with Gasteiger partial charge in [-0.25, -0.2) is 13.1 Å². The Kier molecular flexibility index (Phi) is 5.22. The second-order valence-corrected chi connectivity index (χ2v) is 8.29. The van der Waals surface area contributed by atoms with Crippen LogP contribution in [0, 0.1) is 6.92 Å². The molecule has 2 aromatic rings. The number of likely N-dealkylation sites (N-methyl/N-ethyl adjacent to an activating group) is 1. The van der Waals surface area contributed by atoms with E-state index in [0.29, 0.717) is 16.9 Å². The van der Waals surface area contributed by atoms with E-state index in [0.717, 1.165) is 18.7 Å². The lowest BCUT2D eigenvalue weighted by Crippen LogP contribution is -2.29. The number of methoxy groups -OCH3 is 1. The molecule has 1 aliphatic rings. The normalized spacial score (nSPS) is 15.0. The Labute approximate surface area is 154 Å². The molecule has 0 saturated carbocycles. The van der Waals surface area contributed by atoms with Crippen molar-refractivity contribution in [1.29, 1.82) is 0 Å². The quantitative estimate of drug-likeness (QED) is 0.806. The second kappa shape index (κ2) is 7.26. The molecule has 140 valence electrons. The second-order valence-electron chi connectivity index (χ2n) is 6.56. The van der Waals surface area contributed by atoms with Crippen LogP contribution in [0.5, 0.6) is 5.75 Å². The average Bonchev–Trinajstić information content (AvgIpc) is 2.99. The van der Waals surface area contributed by atoms with Crippen molar-refractivity contribution in [2.75, 3.05) is 32.1 Å². The third-order valence-corrected chi connectivity index (χ3v) is 6.34. The molecule has 0 aromatic heterocycles. The highest BCUT2D eigenvalue weighted by Gasteiger charge is 2.21. The van der Waals surface area contributed by atoms with Gasteiger partial charge in [-0.15, -0.1) is 0 Å². The molecule has 6 nitrogen and oxygen atoms in total. The average molecular weight is 376 g/mol. The fourth-order valence-electron chi connectivity index (χ4n) is 3.23. The molecule has 2 N–H and O–H groups in total. The minimum atomic E-state index is -3.71. The summed E-state index contributed by atoms with van der Waals surface area (Å²) >= 11 is 0. The summed E-state index contributed by atoms with van der Waals surface area (Å²) in [5.41, 5.74) is 3.65. The fourth-order valence-corrected chi connectivity index (χ4v) is 4.49. The van der Waals surface area contributed by atoms with Gasteiger partial charge in [-0.1, -0.05) is 12.1 Å². The summed E-state index contributed by atoms with van der Waals surface area (Å²) < 4.78 is 32.7. The predicted molar refractivity (Wildman–Crippen MR) is 101 cm³/mol. The van der Waals surface area contributed by atoms with E-state index in [4.69, 9.17) is 4.74 Å². The Morgan fingerprint density at radius 3 is 2.73 bits per heavy atom. The van der Waals surface area contributed by atoms with Crippen molar-refractivity contribution in [2.24, 2.45) is 0 Å². The third kappa shape index (κ3) is 3.70. The monoisotopic (exact) mass is 376 g/mol. The van der Waals surface area contributed by atoms with Gasteiger partial charge in [-0.05, 0) is 54.3 Å². The summed E-state index contributed by atoms with van der Waals surface area (Å²) in [6, 6.07) is 10.6. The minimum Gasteiger partial charge on any atom is -0.497 e. The van der Waals surface area contributed by atoms with Crippen LogP contribution in [0.15, 0.2) is 41.3 Å². The molecule has 2 aromatic carbocycles. The van der Waals surface area contributed by atoms with E-state index in [-0.39, 0.29) is 11.4 Å². The highest BCUT2D eigenvalue weighted by Crippen LogP contribution is 2.29. The third-order valence-electron chi connectivity index (χ3n) is 4.75. The van der Waals surface area contributed by atoms with Crippen molar-refractivity contribution >= 4 is 15.7 Å². The number of hydrogen-bond donors (Lipinski definition) is 2. The van der Waals surface area contributed by atoms with Gasteiger partial charge < -0.3 is 14.7 Å². The number of ether oxygens (including phenoxy) is 1. The number of anilines is 1. The maximum Gasteiger partial charge on any atom is 0.240 e. The molecule has 7 heteroatoms. The first kappa shape index (κ1) is 18.7. The summed E-state index contributed by atoms with van der Waals surface area (Å²) in [5, 5.41) is 10.4. The van der Waals surface area contributed by atoms with Gasteiger partial charge in [0.1, 0.15) is 5.75 Å². The highest BCUT2D eigenvalue weighted by atomic mass is 32.2. The molecule has 1 heterocycles. The number of sulfonamides is 1. The SMILES string of the molecule is COc1ccc(S(=O)(=O)NCC(O)c2ccc3c(c2)CCN3C)c(C)c1. The topological polar surface area (TPSA) is 78.9 Å². The molecule has 26 heavy (non-hydrogen) atoms. The van der Waals surface area contributed by atoms with Crippen molar-refractivity contribution in [3.8, 4) is 5.75 Å². The molecular formula is C19H24N2O4S. The number of aliphatic hydroxyl groups excluding tert-OH is 1. The standard InChI is InChI=1S/C19H24N2O4S/c1-13-10-16(25-3)5-7-19(13)26(23,24)20-12-18(22)15-4-6-17-14(11-15)8-9-21(17)2/h4-7,10-11,18,20,22H,8-9,12H2,1-3H3. The zero-order chi connectivity index (χ0) is 18.9. The first-order valence-electron chi connectivity index (χ1n) is 8.48.